The largest absolute Gasteiger partial charge is 0.106 e. The van der Waals surface area contributed by atoms with Gasteiger partial charge in [0.15, 0.2) is 0 Å². The van der Waals surface area contributed by atoms with E-state index in [0.29, 0.717) is 0 Å². The van der Waals surface area contributed by atoms with E-state index in [0.717, 1.165) is 0 Å². The molecule has 0 radical (unpaired) electrons. The number of benzene rings is 1. The average Bonchev–Trinajstić information content (AvgIpc) is 2.29. The zero-order valence-electron chi connectivity index (χ0n) is 9.34. The Balaban J connectivity index is 0.000000791. The molecule has 78 valence electrons. The van der Waals surface area contributed by atoms with E-state index in [1.165, 1.54) is 37.7 Å². The van der Waals surface area contributed by atoms with Crippen LogP contribution >= 0.6 is 0 Å². The highest BCUT2D eigenvalue weighted by Crippen LogP contribution is 2.06. The van der Waals surface area contributed by atoms with Gasteiger partial charge in [-0.3, -0.25) is 0 Å². The fourth-order valence-electron chi connectivity index (χ4n) is 1.40. The number of unbranched alkanes of at least 4 members (excludes halogenated alkanes) is 3. The summed E-state index contributed by atoms with van der Waals surface area (Å²) >= 11 is 0. The zero-order chi connectivity index (χ0) is 10.6. The van der Waals surface area contributed by atoms with E-state index < -0.39 is 0 Å². The third-order valence-electron chi connectivity index (χ3n) is 2.16. The fourth-order valence-corrected chi connectivity index (χ4v) is 1.40. The van der Waals surface area contributed by atoms with Crippen LogP contribution in [-0.4, -0.2) is 0 Å². The lowest BCUT2D eigenvalue weighted by Gasteiger charge is -1.99. The van der Waals surface area contributed by atoms with Gasteiger partial charge in [0.05, 0.1) is 0 Å². The van der Waals surface area contributed by atoms with Crippen molar-refractivity contribution in [3.63, 3.8) is 0 Å². The fraction of sp³-hybridized carbons (Fsp3) is 0.429. The smallest absolute Gasteiger partial charge is 0.0279 e. The Bertz CT molecular complexity index is 201. The molecule has 0 nitrogen and oxygen atoms in total. The first-order chi connectivity index (χ1) is 6.93. The quantitative estimate of drug-likeness (QED) is 0.470. The Kier molecular flexibility index (Phi) is 9.30. The van der Waals surface area contributed by atoms with Gasteiger partial charge >= 0.3 is 0 Å². The van der Waals surface area contributed by atoms with E-state index in [1.807, 2.05) is 0 Å². The summed E-state index contributed by atoms with van der Waals surface area (Å²) in [6.45, 7) is 8.25. The molecule has 0 amide bonds. The Hall–Kier alpha value is -1.04. The summed E-state index contributed by atoms with van der Waals surface area (Å²) in [5, 5.41) is 0. The molecule has 0 fully saturated rings. The van der Waals surface area contributed by atoms with Gasteiger partial charge in [-0.25, -0.2) is 0 Å². The lowest BCUT2D eigenvalue weighted by atomic mass is 10.1. The minimum absolute atomic E-state index is 1.25. The molecule has 0 saturated heterocycles. The van der Waals surface area contributed by atoms with Crippen LogP contribution in [0.4, 0.5) is 0 Å². The third kappa shape index (κ3) is 6.47. The Morgan fingerprint density at radius 2 is 1.57 bits per heavy atom. The molecule has 14 heavy (non-hydrogen) atoms. The van der Waals surface area contributed by atoms with Gasteiger partial charge in [-0.2, -0.15) is 0 Å². The molecule has 0 N–H and O–H groups in total. The highest BCUT2D eigenvalue weighted by molar-refractivity contribution is 5.14. The van der Waals surface area contributed by atoms with Crippen LogP contribution in [0.15, 0.2) is 43.5 Å². The summed E-state index contributed by atoms with van der Waals surface area (Å²) < 4.78 is 0. The van der Waals surface area contributed by atoms with Crippen molar-refractivity contribution in [1.82, 2.24) is 0 Å². The molecule has 0 aliphatic rings. The summed E-state index contributed by atoms with van der Waals surface area (Å²) in [5.74, 6) is 0. The molecule has 1 rings (SSSR count). The van der Waals surface area contributed by atoms with Gasteiger partial charge in [0, 0.05) is 0 Å². The summed E-state index contributed by atoms with van der Waals surface area (Å²) in [6.07, 6.45) is 6.69. The minimum atomic E-state index is 1.25. The standard InChI is InChI=1S/C12H18.C2H4/c1-2-3-4-6-9-12-10-7-5-8-11-12;1-2/h5,7-8,10-11H,2-4,6,9H2,1H3;1-2H2. The van der Waals surface area contributed by atoms with Crippen molar-refractivity contribution in [2.24, 2.45) is 0 Å². The van der Waals surface area contributed by atoms with Crippen LogP contribution in [-0.2, 0) is 6.42 Å². The first kappa shape index (κ1) is 13.0. The lowest BCUT2D eigenvalue weighted by molar-refractivity contribution is 0.667. The van der Waals surface area contributed by atoms with E-state index in [9.17, 15) is 0 Å². The van der Waals surface area contributed by atoms with Crippen LogP contribution in [0.2, 0.25) is 0 Å². The van der Waals surface area contributed by atoms with Crippen LogP contribution in [0.5, 0.6) is 0 Å². The Morgan fingerprint density at radius 1 is 0.929 bits per heavy atom. The number of hydrogen-bond acceptors (Lipinski definition) is 0. The predicted molar refractivity (Wildman–Crippen MR) is 65.5 cm³/mol. The van der Waals surface area contributed by atoms with Crippen molar-refractivity contribution in [2.45, 2.75) is 39.0 Å². The second-order valence-electron chi connectivity index (χ2n) is 3.30. The summed E-state index contributed by atoms with van der Waals surface area (Å²) in [5.41, 5.74) is 1.48. The van der Waals surface area contributed by atoms with Crippen molar-refractivity contribution >= 4 is 0 Å². The zero-order valence-corrected chi connectivity index (χ0v) is 9.34. The molecule has 0 bridgehead atoms. The molecule has 0 atom stereocenters. The first-order valence-electron chi connectivity index (χ1n) is 5.47. The van der Waals surface area contributed by atoms with Crippen LogP contribution in [0, 0.1) is 0 Å². The molecule has 0 aliphatic heterocycles. The van der Waals surface area contributed by atoms with E-state index in [2.05, 4.69) is 50.4 Å². The van der Waals surface area contributed by atoms with Gasteiger partial charge in [0.2, 0.25) is 0 Å². The molecule has 0 spiro atoms. The highest BCUT2D eigenvalue weighted by atomic mass is 14.0. The minimum Gasteiger partial charge on any atom is -0.106 e. The summed E-state index contributed by atoms with van der Waals surface area (Å²) in [6, 6.07) is 10.7. The van der Waals surface area contributed by atoms with E-state index >= 15 is 0 Å². The maximum atomic E-state index is 3.00. The molecule has 0 aromatic heterocycles. The van der Waals surface area contributed by atoms with Gasteiger partial charge in [-0.05, 0) is 18.4 Å². The molecule has 1 aromatic rings. The van der Waals surface area contributed by atoms with Gasteiger partial charge < -0.3 is 0 Å². The van der Waals surface area contributed by atoms with Gasteiger partial charge in [0.25, 0.3) is 0 Å². The molecular formula is C14H22. The lowest BCUT2D eigenvalue weighted by Crippen LogP contribution is -1.84. The highest BCUT2D eigenvalue weighted by Gasteiger charge is 1.90. The van der Waals surface area contributed by atoms with E-state index in [-0.39, 0.29) is 0 Å². The second kappa shape index (κ2) is 10.0. The number of aryl methyl sites for hydroxylation is 1. The van der Waals surface area contributed by atoms with Crippen molar-refractivity contribution in [1.29, 1.82) is 0 Å². The summed E-state index contributed by atoms with van der Waals surface area (Å²) in [7, 11) is 0. The number of rotatable bonds is 5. The van der Waals surface area contributed by atoms with Crippen molar-refractivity contribution in [2.75, 3.05) is 0 Å². The molecule has 0 aliphatic carbocycles. The van der Waals surface area contributed by atoms with Crippen molar-refractivity contribution < 1.29 is 0 Å². The van der Waals surface area contributed by atoms with E-state index in [1.54, 1.807) is 0 Å². The second-order valence-corrected chi connectivity index (χ2v) is 3.30. The SMILES string of the molecule is C=C.CCCCCCc1ccccc1. The van der Waals surface area contributed by atoms with Crippen LogP contribution in [0.1, 0.15) is 38.2 Å². The van der Waals surface area contributed by atoms with Crippen LogP contribution < -0.4 is 0 Å². The molecule has 0 saturated carbocycles. The number of hydrogen-bond donors (Lipinski definition) is 0. The van der Waals surface area contributed by atoms with Crippen LogP contribution in [0.3, 0.4) is 0 Å². The maximum Gasteiger partial charge on any atom is -0.0279 e. The van der Waals surface area contributed by atoms with Gasteiger partial charge in [-0.15, -0.1) is 13.2 Å². The van der Waals surface area contributed by atoms with Gasteiger partial charge in [0.1, 0.15) is 0 Å². The van der Waals surface area contributed by atoms with Crippen LogP contribution in [0.25, 0.3) is 0 Å². The first-order valence-corrected chi connectivity index (χ1v) is 5.47. The van der Waals surface area contributed by atoms with Crippen molar-refractivity contribution in [3.8, 4) is 0 Å². The summed E-state index contributed by atoms with van der Waals surface area (Å²) in [4.78, 5) is 0. The topological polar surface area (TPSA) is 0 Å². The Labute approximate surface area is 88.7 Å². The predicted octanol–water partition coefficient (Wildman–Crippen LogP) is 4.61. The Morgan fingerprint density at radius 3 is 2.14 bits per heavy atom. The molecule has 0 heteroatoms. The molecule has 0 heterocycles. The molecule has 1 aromatic carbocycles. The van der Waals surface area contributed by atoms with Crippen molar-refractivity contribution in [3.05, 3.63) is 49.1 Å². The van der Waals surface area contributed by atoms with E-state index in [4.69, 9.17) is 0 Å². The monoisotopic (exact) mass is 190 g/mol. The third-order valence-corrected chi connectivity index (χ3v) is 2.16. The molecule has 0 unspecified atom stereocenters. The van der Waals surface area contributed by atoms with Gasteiger partial charge in [-0.1, -0.05) is 56.5 Å². The normalized spacial score (nSPS) is 8.93. The molecular weight excluding hydrogens is 168 g/mol. The average molecular weight is 190 g/mol. The maximum absolute atomic E-state index is 3.00.